The number of likely N-dealkylation sites (N-methyl/N-ethyl adjacent to an activating group) is 1. The Bertz CT molecular complexity index is 288. The fourth-order valence-electron chi connectivity index (χ4n) is 2.62. The summed E-state index contributed by atoms with van der Waals surface area (Å²) in [6.07, 6.45) is 9.73. The molecule has 0 spiro atoms. The summed E-state index contributed by atoms with van der Waals surface area (Å²) >= 11 is 0. The molecular weight excluding hydrogens is 271 g/mol. The van der Waals surface area contributed by atoms with Crippen molar-refractivity contribution in [3.05, 3.63) is 0 Å². The van der Waals surface area contributed by atoms with E-state index >= 15 is 0 Å². The Morgan fingerprint density at radius 3 is 1.95 bits per heavy atom. The van der Waals surface area contributed by atoms with E-state index in [4.69, 9.17) is 4.52 Å². The maximum absolute atomic E-state index is 13.0. The molecule has 1 rings (SSSR count). The Labute approximate surface area is 125 Å². The molecule has 0 N–H and O–H groups in total. The highest BCUT2D eigenvalue weighted by atomic mass is 31.2. The summed E-state index contributed by atoms with van der Waals surface area (Å²) in [4.78, 5) is 0. The van der Waals surface area contributed by atoms with Crippen LogP contribution in [0.5, 0.6) is 0 Å². The third kappa shape index (κ3) is 5.48. The van der Waals surface area contributed by atoms with Gasteiger partial charge in [-0.1, -0.05) is 52.4 Å². The average molecular weight is 304 g/mol. The molecule has 1 unspecified atom stereocenters. The first kappa shape index (κ1) is 18.2. The lowest BCUT2D eigenvalue weighted by atomic mass is 10.2. The van der Waals surface area contributed by atoms with E-state index in [-0.39, 0.29) is 0 Å². The third-order valence-corrected chi connectivity index (χ3v) is 6.70. The highest BCUT2D eigenvalue weighted by Gasteiger charge is 2.40. The zero-order chi connectivity index (χ0) is 14.8. The van der Waals surface area contributed by atoms with E-state index in [1.165, 1.54) is 38.5 Å². The number of rotatable bonds is 11. The van der Waals surface area contributed by atoms with E-state index in [9.17, 15) is 4.57 Å². The van der Waals surface area contributed by atoms with Crippen LogP contribution in [-0.4, -0.2) is 42.6 Å². The van der Waals surface area contributed by atoms with Crippen molar-refractivity contribution in [3.63, 3.8) is 0 Å². The van der Waals surface area contributed by atoms with E-state index in [0.717, 1.165) is 32.5 Å². The maximum Gasteiger partial charge on any atom is 0.345 e. The monoisotopic (exact) mass is 304 g/mol. The Balaban J connectivity index is 2.47. The van der Waals surface area contributed by atoms with Crippen LogP contribution >= 0.6 is 7.67 Å². The molecule has 0 radical (unpaired) electrons. The van der Waals surface area contributed by atoms with E-state index in [2.05, 4.69) is 18.5 Å². The SMILES string of the molecule is CCCCCCN(CCCCCC)P1(=O)OCCN1C. The van der Waals surface area contributed by atoms with Crippen molar-refractivity contribution in [3.8, 4) is 0 Å². The molecule has 1 fully saturated rings. The third-order valence-electron chi connectivity index (χ3n) is 4.00. The largest absolute Gasteiger partial charge is 0.345 e. The minimum Gasteiger partial charge on any atom is -0.305 e. The van der Waals surface area contributed by atoms with E-state index < -0.39 is 7.67 Å². The Morgan fingerprint density at radius 2 is 1.55 bits per heavy atom. The van der Waals surface area contributed by atoms with Crippen LogP contribution in [0.3, 0.4) is 0 Å². The Kier molecular flexibility index (Phi) is 9.03. The molecule has 1 aliphatic rings. The van der Waals surface area contributed by atoms with Gasteiger partial charge in [0.25, 0.3) is 0 Å². The van der Waals surface area contributed by atoms with Crippen LogP contribution in [0.15, 0.2) is 0 Å². The fourth-order valence-corrected chi connectivity index (χ4v) is 4.86. The summed E-state index contributed by atoms with van der Waals surface area (Å²) < 4.78 is 22.7. The molecule has 4 nitrogen and oxygen atoms in total. The maximum atomic E-state index is 13.0. The molecule has 120 valence electrons. The second-order valence-electron chi connectivity index (χ2n) is 5.78. The number of unbranched alkanes of at least 4 members (excludes halogenated alkanes) is 6. The summed E-state index contributed by atoms with van der Waals surface area (Å²) in [6, 6.07) is 0. The highest BCUT2D eigenvalue weighted by molar-refractivity contribution is 7.54. The molecule has 0 aromatic rings. The topological polar surface area (TPSA) is 32.8 Å². The van der Waals surface area contributed by atoms with Gasteiger partial charge in [0.1, 0.15) is 0 Å². The molecule has 0 saturated carbocycles. The van der Waals surface area contributed by atoms with Gasteiger partial charge in [-0.3, -0.25) is 4.57 Å². The molecule has 0 aliphatic carbocycles. The van der Waals surface area contributed by atoms with Crippen molar-refractivity contribution in [2.45, 2.75) is 65.2 Å². The highest BCUT2D eigenvalue weighted by Crippen LogP contribution is 2.56. The van der Waals surface area contributed by atoms with Gasteiger partial charge in [0.15, 0.2) is 0 Å². The number of hydrogen-bond acceptors (Lipinski definition) is 2. The normalized spacial score (nSPS) is 23.8. The predicted molar refractivity (Wildman–Crippen MR) is 86.0 cm³/mol. The van der Waals surface area contributed by atoms with Crippen LogP contribution in [0.1, 0.15) is 65.2 Å². The molecule has 0 amide bonds. The molecule has 1 saturated heterocycles. The van der Waals surface area contributed by atoms with Crippen molar-refractivity contribution in [1.29, 1.82) is 0 Å². The van der Waals surface area contributed by atoms with Crippen LogP contribution in [0.25, 0.3) is 0 Å². The second-order valence-corrected chi connectivity index (χ2v) is 8.27. The van der Waals surface area contributed by atoms with Crippen LogP contribution < -0.4 is 0 Å². The molecular formula is C15H33N2O2P. The van der Waals surface area contributed by atoms with E-state index in [0.29, 0.717) is 6.61 Å². The van der Waals surface area contributed by atoms with Gasteiger partial charge in [-0.15, -0.1) is 0 Å². The van der Waals surface area contributed by atoms with Gasteiger partial charge >= 0.3 is 7.67 Å². The molecule has 1 aliphatic heterocycles. The zero-order valence-corrected chi connectivity index (χ0v) is 14.5. The van der Waals surface area contributed by atoms with Gasteiger partial charge in [0.05, 0.1) is 6.61 Å². The average Bonchev–Trinajstić information content (AvgIpc) is 2.78. The Hall–Kier alpha value is 0.110. The summed E-state index contributed by atoms with van der Waals surface area (Å²) in [5.41, 5.74) is 0. The summed E-state index contributed by atoms with van der Waals surface area (Å²) in [5.74, 6) is 0. The molecule has 5 heteroatoms. The quantitative estimate of drug-likeness (QED) is 0.415. The minimum absolute atomic E-state index is 0.605. The molecule has 0 aromatic carbocycles. The van der Waals surface area contributed by atoms with Gasteiger partial charge in [-0.2, -0.15) is 0 Å². The van der Waals surface area contributed by atoms with Crippen molar-refractivity contribution in [1.82, 2.24) is 9.34 Å². The lowest BCUT2D eigenvalue weighted by Crippen LogP contribution is -2.28. The smallest absolute Gasteiger partial charge is 0.305 e. The molecule has 20 heavy (non-hydrogen) atoms. The summed E-state index contributed by atoms with van der Waals surface area (Å²) in [6.45, 7) is 7.66. The van der Waals surface area contributed by atoms with Crippen LogP contribution in [0.4, 0.5) is 0 Å². The van der Waals surface area contributed by atoms with Crippen molar-refractivity contribution >= 4 is 7.67 Å². The van der Waals surface area contributed by atoms with Gasteiger partial charge in [-0.25, -0.2) is 9.34 Å². The lowest BCUT2D eigenvalue weighted by molar-refractivity contribution is 0.278. The number of hydrogen-bond donors (Lipinski definition) is 0. The van der Waals surface area contributed by atoms with Gasteiger partial charge < -0.3 is 4.52 Å². The lowest BCUT2D eigenvalue weighted by Gasteiger charge is -2.31. The molecule has 0 bridgehead atoms. The van der Waals surface area contributed by atoms with Crippen molar-refractivity contribution in [2.75, 3.05) is 33.3 Å². The first-order chi connectivity index (χ1) is 9.65. The van der Waals surface area contributed by atoms with Gasteiger partial charge in [0.2, 0.25) is 0 Å². The molecule has 1 atom stereocenters. The van der Waals surface area contributed by atoms with Crippen LogP contribution in [-0.2, 0) is 9.09 Å². The molecule has 0 aromatic heterocycles. The number of nitrogens with zero attached hydrogens (tertiary/aromatic N) is 2. The van der Waals surface area contributed by atoms with Gasteiger partial charge in [-0.05, 0) is 19.9 Å². The van der Waals surface area contributed by atoms with Crippen molar-refractivity contribution in [2.24, 2.45) is 0 Å². The first-order valence-electron chi connectivity index (χ1n) is 8.36. The minimum atomic E-state index is -2.70. The van der Waals surface area contributed by atoms with Gasteiger partial charge in [0, 0.05) is 19.6 Å². The van der Waals surface area contributed by atoms with Crippen molar-refractivity contribution < 1.29 is 9.09 Å². The standard InChI is InChI=1S/C15H33N2O2P/c1-4-6-8-10-12-17(13-11-9-7-5-2)20(18)16(3)14-15-19-20/h4-15H2,1-3H3. The van der Waals surface area contributed by atoms with E-state index in [1.807, 2.05) is 11.7 Å². The first-order valence-corrected chi connectivity index (χ1v) is 9.89. The van der Waals surface area contributed by atoms with Crippen LogP contribution in [0.2, 0.25) is 0 Å². The zero-order valence-electron chi connectivity index (χ0n) is 13.6. The fraction of sp³-hybridized carbons (Fsp3) is 1.00. The Morgan fingerprint density at radius 1 is 1.00 bits per heavy atom. The predicted octanol–water partition coefficient (Wildman–Crippen LogP) is 4.52. The van der Waals surface area contributed by atoms with E-state index in [1.54, 1.807) is 0 Å². The second kappa shape index (κ2) is 9.94. The summed E-state index contributed by atoms with van der Waals surface area (Å²) in [5, 5.41) is 0. The van der Waals surface area contributed by atoms with Crippen LogP contribution in [0, 0.1) is 0 Å². The summed E-state index contributed by atoms with van der Waals surface area (Å²) in [7, 11) is -0.772. The molecule has 1 heterocycles.